The Morgan fingerprint density at radius 2 is 2.60 bits per heavy atom. The summed E-state index contributed by atoms with van der Waals surface area (Å²) < 4.78 is 5.33. The molecule has 0 aromatic rings. The van der Waals surface area contributed by atoms with Crippen LogP contribution in [0.5, 0.6) is 0 Å². The van der Waals surface area contributed by atoms with Crippen molar-refractivity contribution < 1.29 is 9.84 Å². The Balaban J connectivity index is 2.10. The molecule has 2 aliphatic rings. The molecular weight excluding hydrogens is 130 g/mol. The SMILES string of the molecule is OCC12CCC(COC1)N2. The molecule has 2 rings (SSSR count). The third-order valence-corrected chi connectivity index (χ3v) is 2.48. The summed E-state index contributed by atoms with van der Waals surface area (Å²) in [5, 5.41) is 12.4. The summed E-state index contributed by atoms with van der Waals surface area (Å²) in [6, 6.07) is 0.501. The molecule has 2 saturated heterocycles. The van der Waals surface area contributed by atoms with Crippen LogP contribution in [-0.2, 0) is 4.74 Å². The van der Waals surface area contributed by atoms with Crippen LogP contribution in [0, 0.1) is 0 Å². The molecule has 2 unspecified atom stereocenters. The van der Waals surface area contributed by atoms with Crippen LogP contribution in [0.3, 0.4) is 0 Å². The Bertz CT molecular complexity index is 136. The standard InChI is InChI=1S/C7H13NO2/c9-4-7-2-1-6(8-7)3-10-5-7/h6,8-9H,1-5H2. The maximum absolute atomic E-state index is 9.03. The third kappa shape index (κ3) is 0.856. The van der Waals surface area contributed by atoms with E-state index < -0.39 is 0 Å². The molecule has 2 fully saturated rings. The Morgan fingerprint density at radius 3 is 3.30 bits per heavy atom. The Labute approximate surface area is 60.4 Å². The summed E-state index contributed by atoms with van der Waals surface area (Å²) in [7, 11) is 0. The monoisotopic (exact) mass is 143 g/mol. The number of aliphatic hydroxyl groups is 1. The zero-order valence-electron chi connectivity index (χ0n) is 5.97. The van der Waals surface area contributed by atoms with Crippen molar-refractivity contribution in [2.45, 2.75) is 24.4 Å². The molecule has 2 atom stereocenters. The van der Waals surface area contributed by atoms with Crippen LogP contribution in [0.15, 0.2) is 0 Å². The minimum Gasteiger partial charge on any atom is -0.394 e. The van der Waals surface area contributed by atoms with Crippen molar-refractivity contribution in [1.82, 2.24) is 5.32 Å². The van der Waals surface area contributed by atoms with Crippen molar-refractivity contribution in [3.63, 3.8) is 0 Å². The van der Waals surface area contributed by atoms with E-state index in [1.807, 2.05) is 0 Å². The molecule has 0 aromatic carbocycles. The van der Waals surface area contributed by atoms with Crippen LogP contribution in [0.1, 0.15) is 12.8 Å². The van der Waals surface area contributed by atoms with Crippen LogP contribution in [-0.4, -0.2) is 36.5 Å². The summed E-state index contributed by atoms with van der Waals surface area (Å²) in [4.78, 5) is 0. The first-order valence-electron chi connectivity index (χ1n) is 3.81. The van der Waals surface area contributed by atoms with E-state index in [9.17, 15) is 0 Å². The molecule has 10 heavy (non-hydrogen) atoms. The minimum absolute atomic E-state index is 0.0804. The summed E-state index contributed by atoms with van der Waals surface area (Å²) in [5.74, 6) is 0. The predicted molar refractivity (Wildman–Crippen MR) is 36.8 cm³/mol. The molecular formula is C7H13NO2. The van der Waals surface area contributed by atoms with E-state index in [-0.39, 0.29) is 12.1 Å². The second-order valence-electron chi connectivity index (χ2n) is 3.33. The minimum atomic E-state index is -0.0804. The van der Waals surface area contributed by atoms with Gasteiger partial charge in [-0.2, -0.15) is 0 Å². The zero-order valence-corrected chi connectivity index (χ0v) is 5.97. The molecule has 0 amide bonds. The van der Waals surface area contributed by atoms with E-state index in [0.29, 0.717) is 12.6 Å². The Kier molecular flexibility index (Phi) is 1.44. The van der Waals surface area contributed by atoms with E-state index in [1.165, 1.54) is 0 Å². The maximum atomic E-state index is 9.03. The molecule has 2 heterocycles. The van der Waals surface area contributed by atoms with Gasteiger partial charge in [-0.15, -0.1) is 0 Å². The van der Waals surface area contributed by atoms with Gasteiger partial charge in [-0.3, -0.25) is 0 Å². The van der Waals surface area contributed by atoms with Crippen molar-refractivity contribution in [1.29, 1.82) is 0 Å². The zero-order chi connectivity index (χ0) is 7.03. The highest BCUT2D eigenvalue weighted by atomic mass is 16.5. The number of hydrogen-bond acceptors (Lipinski definition) is 3. The van der Waals surface area contributed by atoms with Gasteiger partial charge in [0.15, 0.2) is 0 Å². The number of fused-ring (bicyclic) bond motifs is 2. The maximum Gasteiger partial charge on any atom is 0.0671 e. The van der Waals surface area contributed by atoms with Crippen molar-refractivity contribution in [2.24, 2.45) is 0 Å². The second kappa shape index (κ2) is 2.19. The van der Waals surface area contributed by atoms with Crippen LogP contribution >= 0.6 is 0 Å². The second-order valence-corrected chi connectivity index (χ2v) is 3.33. The van der Waals surface area contributed by atoms with Gasteiger partial charge in [0.05, 0.1) is 25.4 Å². The lowest BCUT2D eigenvalue weighted by atomic mass is 10.0. The lowest BCUT2D eigenvalue weighted by molar-refractivity contribution is 0.00521. The predicted octanol–water partition coefficient (Wildman–Crippen LogP) is -0.500. The van der Waals surface area contributed by atoms with Crippen LogP contribution in [0.25, 0.3) is 0 Å². The number of morpholine rings is 1. The first kappa shape index (κ1) is 6.58. The average molecular weight is 143 g/mol. The van der Waals surface area contributed by atoms with Crippen molar-refractivity contribution in [2.75, 3.05) is 19.8 Å². The van der Waals surface area contributed by atoms with Crippen molar-refractivity contribution in [3.8, 4) is 0 Å². The molecule has 58 valence electrons. The molecule has 2 bridgehead atoms. The summed E-state index contributed by atoms with van der Waals surface area (Å²) in [6.45, 7) is 1.71. The van der Waals surface area contributed by atoms with E-state index in [0.717, 1.165) is 19.4 Å². The largest absolute Gasteiger partial charge is 0.394 e. The molecule has 3 nitrogen and oxygen atoms in total. The smallest absolute Gasteiger partial charge is 0.0671 e. The van der Waals surface area contributed by atoms with Gasteiger partial charge in [0.1, 0.15) is 0 Å². The lowest BCUT2D eigenvalue weighted by Gasteiger charge is -2.32. The number of hydrogen-bond donors (Lipinski definition) is 2. The highest BCUT2D eigenvalue weighted by Crippen LogP contribution is 2.27. The van der Waals surface area contributed by atoms with E-state index in [1.54, 1.807) is 0 Å². The fourth-order valence-corrected chi connectivity index (χ4v) is 1.83. The quantitative estimate of drug-likeness (QED) is 0.520. The Hall–Kier alpha value is -0.120. The number of ether oxygens (including phenoxy) is 1. The van der Waals surface area contributed by atoms with E-state index in [2.05, 4.69) is 5.32 Å². The highest BCUT2D eigenvalue weighted by Gasteiger charge is 2.41. The van der Waals surface area contributed by atoms with E-state index in [4.69, 9.17) is 9.84 Å². The van der Waals surface area contributed by atoms with Gasteiger partial charge >= 0.3 is 0 Å². The first-order valence-corrected chi connectivity index (χ1v) is 3.81. The highest BCUT2D eigenvalue weighted by molar-refractivity contribution is 5.00. The van der Waals surface area contributed by atoms with Crippen LogP contribution < -0.4 is 5.32 Å². The van der Waals surface area contributed by atoms with Gasteiger partial charge in [-0.05, 0) is 12.8 Å². The van der Waals surface area contributed by atoms with Gasteiger partial charge in [-0.1, -0.05) is 0 Å². The number of rotatable bonds is 1. The van der Waals surface area contributed by atoms with Crippen molar-refractivity contribution in [3.05, 3.63) is 0 Å². The molecule has 3 heteroatoms. The van der Waals surface area contributed by atoms with Crippen LogP contribution in [0.2, 0.25) is 0 Å². The molecule has 0 aromatic heterocycles. The topological polar surface area (TPSA) is 41.5 Å². The lowest BCUT2D eigenvalue weighted by Crippen LogP contribution is -2.54. The number of aliphatic hydroxyl groups excluding tert-OH is 1. The van der Waals surface area contributed by atoms with Gasteiger partial charge in [0.2, 0.25) is 0 Å². The summed E-state index contributed by atoms with van der Waals surface area (Å²) in [5.41, 5.74) is -0.0804. The van der Waals surface area contributed by atoms with E-state index >= 15 is 0 Å². The van der Waals surface area contributed by atoms with Crippen LogP contribution in [0.4, 0.5) is 0 Å². The number of nitrogens with one attached hydrogen (secondary N) is 1. The normalized spacial score (nSPS) is 45.9. The fourth-order valence-electron chi connectivity index (χ4n) is 1.83. The third-order valence-electron chi connectivity index (χ3n) is 2.48. The van der Waals surface area contributed by atoms with Gasteiger partial charge in [0.25, 0.3) is 0 Å². The molecule has 2 aliphatic heterocycles. The van der Waals surface area contributed by atoms with Crippen molar-refractivity contribution >= 4 is 0 Å². The average Bonchev–Trinajstić information content (AvgIpc) is 2.29. The van der Waals surface area contributed by atoms with Gasteiger partial charge < -0.3 is 15.2 Å². The molecule has 0 saturated carbocycles. The fraction of sp³-hybridized carbons (Fsp3) is 1.00. The first-order chi connectivity index (χ1) is 4.85. The Morgan fingerprint density at radius 1 is 1.70 bits per heavy atom. The molecule has 0 aliphatic carbocycles. The molecule has 0 spiro atoms. The molecule has 0 radical (unpaired) electrons. The molecule has 2 N–H and O–H groups in total. The van der Waals surface area contributed by atoms with Gasteiger partial charge in [-0.25, -0.2) is 0 Å². The van der Waals surface area contributed by atoms with Gasteiger partial charge in [0, 0.05) is 6.04 Å². The summed E-state index contributed by atoms with van der Waals surface area (Å²) in [6.07, 6.45) is 2.22. The summed E-state index contributed by atoms with van der Waals surface area (Å²) >= 11 is 0.